The molecule has 1 unspecified atom stereocenters. The highest BCUT2D eigenvalue weighted by atomic mass is 35.5. The number of carbonyl (C=O) groups excluding carboxylic acids is 1. The standard InChI is InChI=1S/C24H20ClF6N7O3/c25-15-7-5-14(6-8-15)20-35-37(22(41)36(20)11-18(39)24(29,30)31)12-19-33-13-38(34-19)17-4-2-1-3-16(17)21(40)32-10-9-23(26,27)28/h1-8,13,18,39H,9-12H2,(H,32,40). The average molecular weight is 604 g/mol. The molecule has 0 saturated heterocycles. The van der Waals surface area contributed by atoms with Gasteiger partial charge in [0.1, 0.15) is 12.9 Å². The van der Waals surface area contributed by atoms with E-state index in [0.29, 0.717) is 9.59 Å². The molecule has 4 aromatic rings. The minimum Gasteiger partial charge on any atom is -0.382 e. The molecule has 0 bridgehead atoms. The topological polar surface area (TPSA) is 120 Å². The number of halogens is 7. The van der Waals surface area contributed by atoms with Crippen LogP contribution in [0.2, 0.25) is 5.02 Å². The summed E-state index contributed by atoms with van der Waals surface area (Å²) in [5.74, 6) is -0.981. The monoisotopic (exact) mass is 603 g/mol. The van der Waals surface area contributed by atoms with E-state index in [-0.39, 0.29) is 28.5 Å². The molecular weight excluding hydrogens is 584 g/mol. The number of hydrogen-bond acceptors (Lipinski definition) is 6. The van der Waals surface area contributed by atoms with Crippen molar-refractivity contribution in [1.29, 1.82) is 0 Å². The van der Waals surface area contributed by atoms with Crippen molar-refractivity contribution >= 4 is 17.5 Å². The predicted molar refractivity (Wildman–Crippen MR) is 132 cm³/mol. The lowest BCUT2D eigenvalue weighted by molar-refractivity contribution is -0.207. The number of aliphatic hydroxyl groups is 1. The first-order valence-corrected chi connectivity index (χ1v) is 12.1. The average Bonchev–Trinajstić information content (AvgIpc) is 3.48. The van der Waals surface area contributed by atoms with Crippen molar-refractivity contribution in [3.63, 3.8) is 0 Å². The van der Waals surface area contributed by atoms with Crippen LogP contribution in [0.4, 0.5) is 26.3 Å². The number of aliphatic hydroxyl groups excluding tert-OH is 1. The van der Waals surface area contributed by atoms with Gasteiger partial charge in [-0.05, 0) is 36.4 Å². The number of aromatic nitrogens is 6. The van der Waals surface area contributed by atoms with Crippen molar-refractivity contribution in [2.45, 2.75) is 38.0 Å². The zero-order valence-corrected chi connectivity index (χ0v) is 21.5. The van der Waals surface area contributed by atoms with Crippen LogP contribution in [0.3, 0.4) is 0 Å². The first-order chi connectivity index (χ1) is 19.2. The van der Waals surface area contributed by atoms with Gasteiger partial charge in [-0.15, -0.1) is 10.2 Å². The van der Waals surface area contributed by atoms with E-state index in [1.807, 2.05) is 0 Å². The molecule has 1 atom stereocenters. The van der Waals surface area contributed by atoms with Crippen LogP contribution in [0.1, 0.15) is 22.6 Å². The van der Waals surface area contributed by atoms with Crippen molar-refractivity contribution in [1.82, 2.24) is 34.4 Å². The van der Waals surface area contributed by atoms with E-state index in [9.17, 15) is 41.0 Å². The van der Waals surface area contributed by atoms with Gasteiger partial charge in [0, 0.05) is 17.1 Å². The van der Waals surface area contributed by atoms with Crippen LogP contribution in [0, 0.1) is 0 Å². The van der Waals surface area contributed by atoms with Gasteiger partial charge in [-0.2, -0.15) is 26.3 Å². The van der Waals surface area contributed by atoms with Gasteiger partial charge in [0.2, 0.25) is 0 Å². The maximum Gasteiger partial charge on any atom is 0.416 e. The van der Waals surface area contributed by atoms with Crippen molar-refractivity contribution < 1.29 is 36.2 Å². The fraction of sp³-hybridized carbons (Fsp3) is 0.292. The largest absolute Gasteiger partial charge is 0.416 e. The number of carbonyl (C=O) groups is 1. The van der Waals surface area contributed by atoms with E-state index in [1.54, 1.807) is 6.07 Å². The second-order valence-electron chi connectivity index (χ2n) is 8.68. The highest BCUT2D eigenvalue weighted by Gasteiger charge is 2.39. The zero-order chi connectivity index (χ0) is 29.9. The normalized spacial score (nSPS) is 12.9. The van der Waals surface area contributed by atoms with E-state index < -0.39 is 56.1 Å². The van der Waals surface area contributed by atoms with Crippen LogP contribution in [-0.2, 0) is 13.1 Å². The van der Waals surface area contributed by atoms with Crippen LogP contribution in [0.5, 0.6) is 0 Å². The molecule has 0 aliphatic heterocycles. The number of nitrogens with zero attached hydrogens (tertiary/aromatic N) is 6. The van der Waals surface area contributed by atoms with Crippen LogP contribution in [0.15, 0.2) is 59.7 Å². The molecule has 218 valence electrons. The van der Waals surface area contributed by atoms with Crippen LogP contribution >= 0.6 is 11.6 Å². The molecule has 2 N–H and O–H groups in total. The second kappa shape index (κ2) is 11.7. The Morgan fingerprint density at radius 2 is 1.71 bits per heavy atom. The third-order valence-electron chi connectivity index (χ3n) is 5.68. The molecule has 0 aliphatic rings. The third-order valence-corrected chi connectivity index (χ3v) is 5.93. The van der Waals surface area contributed by atoms with Crippen LogP contribution < -0.4 is 11.0 Å². The lowest BCUT2D eigenvalue weighted by atomic mass is 10.1. The van der Waals surface area contributed by atoms with E-state index in [2.05, 4.69) is 20.5 Å². The SMILES string of the molecule is O=C(NCCC(F)(F)F)c1ccccc1-n1cnc(Cn2nc(-c3ccc(Cl)cc3)n(CC(O)C(F)(F)F)c2=O)n1. The predicted octanol–water partition coefficient (Wildman–Crippen LogP) is 3.60. The molecule has 0 fully saturated rings. The third kappa shape index (κ3) is 7.32. The molecule has 0 aliphatic carbocycles. The van der Waals surface area contributed by atoms with Crippen molar-refractivity contribution in [2.24, 2.45) is 0 Å². The molecule has 17 heteroatoms. The van der Waals surface area contributed by atoms with E-state index >= 15 is 0 Å². The molecule has 2 heterocycles. The fourth-order valence-electron chi connectivity index (χ4n) is 3.70. The molecule has 0 radical (unpaired) electrons. The summed E-state index contributed by atoms with van der Waals surface area (Å²) in [5.41, 5.74) is -0.565. The lowest BCUT2D eigenvalue weighted by Gasteiger charge is -2.15. The Kier molecular flexibility index (Phi) is 8.53. The molecule has 4 rings (SSSR count). The van der Waals surface area contributed by atoms with E-state index in [1.165, 1.54) is 48.8 Å². The number of nitrogens with one attached hydrogen (secondary N) is 1. The van der Waals surface area contributed by atoms with Gasteiger partial charge in [0.15, 0.2) is 17.8 Å². The Bertz CT molecular complexity index is 1580. The molecular formula is C24H20ClF6N7O3. The highest BCUT2D eigenvalue weighted by Crippen LogP contribution is 2.24. The van der Waals surface area contributed by atoms with E-state index in [4.69, 9.17) is 11.6 Å². The zero-order valence-electron chi connectivity index (χ0n) is 20.7. The van der Waals surface area contributed by atoms with Crippen molar-refractivity contribution in [3.8, 4) is 17.1 Å². The quantitative estimate of drug-likeness (QED) is 0.282. The summed E-state index contributed by atoms with van der Waals surface area (Å²) in [6, 6.07) is 11.7. The number of alkyl halides is 6. The molecule has 0 saturated carbocycles. The van der Waals surface area contributed by atoms with Gasteiger partial charge >= 0.3 is 18.0 Å². The Morgan fingerprint density at radius 1 is 1.02 bits per heavy atom. The van der Waals surface area contributed by atoms with Gasteiger partial charge in [0.05, 0.1) is 24.2 Å². The van der Waals surface area contributed by atoms with Crippen LogP contribution in [-0.4, -0.2) is 65.1 Å². The summed E-state index contributed by atoms with van der Waals surface area (Å²) < 4.78 is 79.2. The summed E-state index contributed by atoms with van der Waals surface area (Å²) in [6.45, 7) is -2.16. The maximum atomic E-state index is 13.1. The molecule has 41 heavy (non-hydrogen) atoms. The summed E-state index contributed by atoms with van der Waals surface area (Å²) >= 11 is 5.88. The van der Waals surface area contributed by atoms with Gasteiger partial charge < -0.3 is 10.4 Å². The first-order valence-electron chi connectivity index (χ1n) is 11.8. The number of benzene rings is 2. The van der Waals surface area contributed by atoms with E-state index in [0.717, 1.165) is 9.36 Å². The highest BCUT2D eigenvalue weighted by molar-refractivity contribution is 6.30. The Balaban J connectivity index is 1.62. The molecule has 1 amide bonds. The molecule has 10 nitrogen and oxygen atoms in total. The number of para-hydroxylation sites is 1. The number of amides is 1. The minimum atomic E-state index is -4.99. The number of hydrogen-bond donors (Lipinski definition) is 2. The Hall–Kier alpha value is -4.18. The Labute approximate surface area is 231 Å². The van der Waals surface area contributed by atoms with Gasteiger partial charge in [-0.25, -0.2) is 19.1 Å². The van der Waals surface area contributed by atoms with Crippen molar-refractivity contribution in [2.75, 3.05) is 6.54 Å². The van der Waals surface area contributed by atoms with Gasteiger partial charge in [0.25, 0.3) is 5.91 Å². The second-order valence-corrected chi connectivity index (χ2v) is 9.12. The van der Waals surface area contributed by atoms with Crippen molar-refractivity contribution in [3.05, 3.63) is 81.8 Å². The van der Waals surface area contributed by atoms with Crippen LogP contribution in [0.25, 0.3) is 17.1 Å². The summed E-state index contributed by atoms with van der Waals surface area (Å²) in [5, 5.41) is 20.4. The summed E-state index contributed by atoms with van der Waals surface area (Å²) in [7, 11) is 0. The smallest absolute Gasteiger partial charge is 0.382 e. The summed E-state index contributed by atoms with van der Waals surface area (Å²) in [4.78, 5) is 29.6. The molecule has 2 aromatic carbocycles. The Morgan fingerprint density at radius 3 is 2.37 bits per heavy atom. The van der Waals surface area contributed by atoms with Gasteiger partial charge in [-0.1, -0.05) is 23.7 Å². The lowest BCUT2D eigenvalue weighted by Crippen LogP contribution is -2.37. The minimum absolute atomic E-state index is 0.00117. The first kappa shape index (κ1) is 29.8. The fourth-order valence-corrected chi connectivity index (χ4v) is 3.82. The summed E-state index contributed by atoms with van der Waals surface area (Å²) in [6.07, 6.45) is -12.3. The van der Waals surface area contributed by atoms with Gasteiger partial charge in [-0.3, -0.25) is 9.36 Å². The molecule has 0 spiro atoms. The molecule has 2 aromatic heterocycles. The number of rotatable bonds is 9. The maximum absolute atomic E-state index is 13.1.